The minimum Gasteiger partial charge on any atom is -0.481 e. The third kappa shape index (κ3) is 4.14. The number of methoxy groups -OCH3 is 1. The molecule has 1 rings (SSSR count). The van der Waals surface area contributed by atoms with E-state index in [1.54, 1.807) is 11.8 Å². The molecule has 6 nitrogen and oxygen atoms in total. The molecule has 0 atom stereocenters. The average molecular weight is 241 g/mol. The van der Waals surface area contributed by atoms with Crippen molar-refractivity contribution in [2.45, 2.75) is 39.2 Å². The van der Waals surface area contributed by atoms with Crippen molar-refractivity contribution < 1.29 is 14.6 Å². The number of carbonyl (C=O) groups is 1. The van der Waals surface area contributed by atoms with Crippen LogP contribution < -0.4 is 0 Å². The third-order valence-corrected chi connectivity index (χ3v) is 2.44. The fourth-order valence-corrected chi connectivity index (χ4v) is 1.70. The van der Waals surface area contributed by atoms with E-state index in [0.29, 0.717) is 12.3 Å². The van der Waals surface area contributed by atoms with E-state index in [-0.39, 0.29) is 6.42 Å². The molecular weight excluding hydrogens is 222 g/mol. The van der Waals surface area contributed by atoms with Gasteiger partial charge in [0.15, 0.2) is 0 Å². The first-order chi connectivity index (χ1) is 8.19. The van der Waals surface area contributed by atoms with E-state index in [1.165, 1.54) is 0 Å². The zero-order chi connectivity index (χ0) is 12.7. The SMILES string of the molecule is CCCc1c(CC(=O)O)nnn1CCCOC. The van der Waals surface area contributed by atoms with Crippen LogP contribution in [0.2, 0.25) is 0 Å². The maximum Gasteiger partial charge on any atom is 0.309 e. The predicted molar refractivity (Wildman–Crippen MR) is 61.8 cm³/mol. The van der Waals surface area contributed by atoms with Crippen LogP contribution >= 0.6 is 0 Å². The van der Waals surface area contributed by atoms with Gasteiger partial charge in [0.2, 0.25) is 0 Å². The number of hydrogen-bond acceptors (Lipinski definition) is 4. The summed E-state index contributed by atoms with van der Waals surface area (Å²) in [5, 5.41) is 16.7. The molecule has 0 unspecified atom stereocenters. The fourth-order valence-electron chi connectivity index (χ4n) is 1.70. The Morgan fingerprint density at radius 1 is 1.53 bits per heavy atom. The minimum absolute atomic E-state index is 0.0559. The molecule has 6 heteroatoms. The molecule has 0 aliphatic carbocycles. The monoisotopic (exact) mass is 241 g/mol. The van der Waals surface area contributed by atoms with E-state index in [1.807, 2.05) is 0 Å². The number of hydrogen-bond donors (Lipinski definition) is 1. The lowest BCUT2D eigenvalue weighted by molar-refractivity contribution is -0.136. The second kappa shape index (κ2) is 7.01. The van der Waals surface area contributed by atoms with Gasteiger partial charge in [-0.3, -0.25) is 4.79 Å². The Hall–Kier alpha value is -1.43. The molecule has 96 valence electrons. The number of aromatic nitrogens is 3. The highest BCUT2D eigenvalue weighted by Crippen LogP contribution is 2.10. The van der Waals surface area contributed by atoms with Gasteiger partial charge < -0.3 is 9.84 Å². The van der Waals surface area contributed by atoms with E-state index < -0.39 is 5.97 Å². The molecule has 0 radical (unpaired) electrons. The summed E-state index contributed by atoms with van der Waals surface area (Å²) >= 11 is 0. The zero-order valence-corrected chi connectivity index (χ0v) is 10.3. The van der Waals surface area contributed by atoms with Crippen LogP contribution in [0.5, 0.6) is 0 Å². The van der Waals surface area contributed by atoms with Crippen LogP contribution in [-0.4, -0.2) is 39.8 Å². The first kappa shape index (κ1) is 13.6. The summed E-state index contributed by atoms with van der Waals surface area (Å²) in [7, 11) is 1.66. The predicted octanol–water partition coefficient (Wildman–Crippen LogP) is 0.894. The van der Waals surface area contributed by atoms with Gasteiger partial charge in [-0.15, -0.1) is 5.10 Å². The normalized spacial score (nSPS) is 10.7. The zero-order valence-electron chi connectivity index (χ0n) is 10.3. The molecule has 0 saturated carbocycles. The summed E-state index contributed by atoms with van der Waals surface area (Å²) in [4.78, 5) is 10.7. The Morgan fingerprint density at radius 2 is 2.29 bits per heavy atom. The van der Waals surface area contributed by atoms with Crippen molar-refractivity contribution in [3.63, 3.8) is 0 Å². The van der Waals surface area contributed by atoms with Crippen LogP contribution in [0.1, 0.15) is 31.2 Å². The Labute approximate surface area is 101 Å². The van der Waals surface area contributed by atoms with Crippen molar-refractivity contribution in [1.82, 2.24) is 15.0 Å². The van der Waals surface area contributed by atoms with Gasteiger partial charge in [-0.1, -0.05) is 18.6 Å². The lowest BCUT2D eigenvalue weighted by Gasteiger charge is -2.06. The van der Waals surface area contributed by atoms with E-state index >= 15 is 0 Å². The van der Waals surface area contributed by atoms with Crippen molar-refractivity contribution in [1.29, 1.82) is 0 Å². The van der Waals surface area contributed by atoms with Crippen molar-refractivity contribution in [2.75, 3.05) is 13.7 Å². The first-order valence-corrected chi connectivity index (χ1v) is 5.81. The third-order valence-electron chi connectivity index (χ3n) is 2.44. The quantitative estimate of drug-likeness (QED) is 0.684. The smallest absolute Gasteiger partial charge is 0.309 e. The molecule has 0 aromatic carbocycles. The van der Waals surface area contributed by atoms with Crippen molar-refractivity contribution in [2.24, 2.45) is 0 Å². The summed E-state index contributed by atoms with van der Waals surface area (Å²) in [5.74, 6) is -0.869. The van der Waals surface area contributed by atoms with Crippen molar-refractivity contribution in [3.05, 3.63) is 11.4 Å². The van der Waals surface area contributed by atoms with E-state index in [0.717, 1.165) is 31.5 Å². The maximum absolute atomic E-state index is 10.7. The van der Waals surface area contributed by atoms with Crippen LogP contribution in [-0.2, 0) is 28.9 Å². The van der Waals surface area contributed by atoms with Crippen LogP contribution in [0.4, 0.5) is 0 Å². The Bertz CT molecular complexity index is 363. The number of carboxylic acid groups (broad SMARTS) is 1. The summed E-state index contributed by atoms with van der Waals surface area (Å²) in [6.45, 7) is 3.44. The molecule has 1 aromatic rings. The lowest BCUT2D eigenvalue weighted by atomic mass is 10.1. The lowest BCUT2D eigenvalue weighted by Crippen LogP contribution is -2.09. The van der Waals surface area contributed by atoms with Gasteiger partial charge in [0.1, 0.15) is 0 Å². The summed E-state index contributed by atoms with van der Waals surface area (Å²) in [6, 6.07) is 0. The van der Waals surface area contributed by atoms with Gasteiger partial charge >= 0.3 is 5.97 Å². The molecule has 0 aliphatic heterocycles. The first-order valence-electron chi connectivity index (χ1n) is 5.81. The highest BCUT2D eigenvalue weighted by Gasteiger charge is 2.14. The molecule has 0 bridgehead atoms. The van der Waals surface area contributed by atoms with Gasteiger partial charge in [0, 0.05) is 20.3 Å². The van der Waals surface area contributed by atoms with Gasteiger partial charge in [-0.2, -0.15) is 0 Å². The van der Waals surface area contributed by atoms with E-state index in [2.05, 4.69) is 17.2 Å². The Morgan fingerprint density at radius 3 is 2.88 bits per heavy atom. The molecule has 0 saturated heterocycles. The van der Waals surface area contributed by atoms with Gasteiger partial charge in [-0.05, 0) is 12.8 Å². The second-order valence-electron chi connectivity index (χ2n) is 3.87. The molecule has 1 aromatic heterocycles. The second-order valence-corrected chi connectivity index (χ2v) is 3.87. The van der Waals surface area contributed by atoms with Crippen molar-refractivity contribution >= 4 is 5.97 Å². The number of rotatable bonds is 8. The maximum atomic E-state index is 10.7. The van der Waals surface area contributed by atoms with Crippen LogP contribution in [0, 0.1) is 0 Å². The summed E-state index contributed by atoms with van der Waals surface area (Å²) < 4.78 is 6.77. The van der Waals surface area contributed by atoms with Gasteiger partial charge in [-0.25, -0.2) is 4.68 Å². The van der Waals surface area contributed by atoms with Crippen LogP contribution in [0.3, 0.4) is 0 Å². The van der Waals surface area contributed by atoms with Crippen molar-refractivity contribution in [3.8, 4) is 0 Å². The molecular formula is C11H19N3O3. The molecule has 1 N–H and O–H groups in total. The highest BCUT2D eigenvalue weighted by molar-refractivity contribution is 5.69. The van der Waals surface area contributed by atoms with Gasteiger partial charge in [0.25, 0.3) is 0 Å². The molecule has 1 heterocycles. The molecule has 0 amide bonds. The number of aryl methyl sites for hydroxylation is 1. The number of ether oxygens (including phenoxy) is 1. The number of carboxylic acids is 1. The minimum atomic E-state index is -0.869. The molecule has 17 heavy (non-hydrogen) atoms. The van der Waals surface area contributed by atoms with Gasteiger partial charge in [0.05, 0.1) is 17.8 Å². The number of nitrogens with zero attached hydrogens (tertiary/aromatic N) is 3. The van der Waals surface area contributed by atoms with E-state index in [9.17, 15) is 4.79 Å². The van der Waals surface area contributed by atoms with Crippen LogP contribution in [0.25, 0.3) is 0 Å². The largest absolute Gasteiger partial charge is 0.481 e. The standard InChI is InChI=1S/C11H19N3O3/c1-3-5-10-9(8-11(15)16)12-13-14(10)6-4-7-17-2/h3-8H2,1-2H3,(H,15,16). The van der Waals surface area contributed by atoms with E-state index in [4.69, 9.17) is 9.84 Å². The summed E-state index contributed by atoms with van der Waals surface area (Å²) in [5.41, 5.74) is 1.52. The topological polar surface area (TPSA) is 77.2 Å². The average Bonchev–Trinajstić information content (AvgIpc) is 2.62. The van der Waals surface area contributed by atoms with Crippen LogP contribution in [0.15, 0.2) is 0 Å². The Kier molecular flexibility index (Phi) is 5.62. The highest BCUT2D eigenvalue weighted by atomic mass is 16.5. The molecule has 0 spiro atoms. The fraction of sp³-hybridized carbons (Fsp3) is 0.727. The number of aliphatic carboxylic acids is 1. The molecule has 0 fully saturated rings. The molecule has 0 aliphatic rings. The Balaban J connectivity index is 2.74. The summed E-state index contributed by atoms with van der Waals surface area (Å²) in [6.07, 6.45) is 2.55.